The van der Waals surface area contributed by atoms with Gasteiger partial charge in [0.15, 0.2) is 6.29 Å². The third-order valence-electron chi connectivity index (χ3n) is 2.28. The highest BCUT2D eigenvalue weighted by molar-refractivity contribution is 4.97. The van der Waals surface area contributed by atoms with Crippen LogP contribution in [0.3, 0.4) is 0 Å². The van der Waals surface area contributed by atoms with Gasteiger partial charge in [0.1, 0.15) is 12.2 Å². The standard InChI is InChI=1S/C6H9N3O4/c7-9-8-3-4(10)2-1-12-6(13-2)5(3)11/h2-6,10-11H,1H2/t2-,3-,4+,5+,6-/m1/s1. The summed E-state index contributed by atoms with van der Waals surface area (Å²) in [7, 11) is 0. The minimum Gasteiger partial charge on any atom is -0.390 e. The summed E-state index contributed by atoms with van der Waals surface area (Å²) in [5.74, 6) is 0. The average Bonchev–Trinajstić information content (AvgIpc) is 2.56. The van der Waals surface area contributed by atoms with Crippen molar-refractivity contribution in [3.63, 3.8) is 0 Å². The summed E-state index contributed by atoms with van der Waals surface area (Å²) in [6.07, 6.45) is -3.36. The van der Waals surface area contributed by atoms with Crippen molar-refractivity contribution in [2.45, 2.75) is 30.6 Å². The Morgan fingerprint density at radius 2 is 2.15 bits per heavy atom. The lowest BCUT2D eigenvalue weighted by Crippen LogP contribution is -2.52. The molecule has 0 radical (unpaired) electrons. The highest BCUT2D eigenvalue weighted by Gasteiger charge is 2.49. The van der Waals surface area contributed by atoms with Gasteiger partial charge >= 0.3 is 0 Å². The van der Waals surface area contributed by atoms with Gasteiger partial charge in [-0.2, -0.15) is 0 Å². The van der Waals surface area contributed by atoms with Crippen LogP contribution in [0.4, 0.5) is 0 Å². The van der Waals surface area contributed by atoms with Gasteiger partial charge in [0.25, 0.3) is 0 Å². The van der Waals surface area contributed by atoms with Crippen molar-refractivity contribution in [2.75, 3.05) is 6.61 Å². The summed E-state index contributed by atoms with van der Waals surface area (Å²) in [5.41, 5.74) is 8.20. The number of hydrogen-bond donors (Lipinski definition) is 2. The molecule has 0 amide bonds. The number of azide groups is 1. The Balaban J connectivity index is 2.21. The van der Waals surface area contributed by atoms with Crippen molar-refractivity contribution < 1.29 is 19.7 Å². The molecule has 72 valence electrons. The van der Waals surface area contributed by atoms with Crippen LogP contribution in [0.1, 0.15) is 0 Å². The largest absolute Gasteiger partial charge is 0.390 e. The number of fused-ring (bicyclic) bond motifs is 2. The zero-order valence-corrected chi connectivity index (χ0v) is 6.65. The van der Waals surface area contributed by atoms with Crippen molar-refractivity contribution >= 4 is 0 Å². The predicted octanol–water partition coefficient (Wildman–Crippen LogP) is -0.858. The zero-order valence-electron chi connectivity index (χ0n) is 6.65. The van der Waals surface area contributed by atoms with Gasteiger partial charge in [0, 0.05) is 4.91 Å². The Hall–Kier alpha value is -0.850. The van der Waals surface area contributed by atoms with Gasteiger partial charge in [-0.05, 0) is 5.53 Å². The maximum atomic E-state index is 9.53. The molecule has 2 aliphatic heterocycles. The van der Waals surface area contributed by atoms with Crippen molar-refractivity contribution in [3.05, 3.63) is 10.4 Å². The van der Waals surface area contributed by atoms with E-state index in [1.165, 1.54) is 0 Å². The van der Waals surface area contributed by atoms with Crippen LogP contribution in [0, 0.1) is 0 Å². The number of aliphatic hydroxyl groups is 2. The molecule has 7 heteroatoms. The van der Waals surface area contributed by atoms with Crippen LogP contribution in [0.2, 0.25) is 0 Å². The summed E-state index contributed by atoms with van der Waals surface area (Å²) in [6.45, 7) is 0.223. The van der Waals surface area contributed by atoms with Crippen LogP contribution in [-0.2, 0) is 9.47 Å². The second-order valence-electron chi connectivity index (χ2n) is 3.05. The van der Waals surface area contributed by atoms with Crippen molar-refractivity contribution in [2.24, 2.45) is 5.11 Å². The smallest absolute Gasteiger partial charge is 0.184 e. The predicted molar refractivity (Wildman–Crippen MR) is 39.6 cm³/mol. The number of rotatable bonds is 1. The molecule has 0 aliphatic carbocycles. The van der Waals surface area contributed by atoms with E-state index in [4.69, 9.17) is 15.0 Å². The molecular formula is C6H9N3O4. The van der Waals surface area contributed by atoms with Crippen molar-refractivity contribution in [3.8, 4) is 0 Å². The lowest BCUT2D eigenvalue weighted by molar-refractivity contribution is -0.189. The third-order valence-corrected chi connectivity index (χ3v) is 2.28. The molecule has 2 fully saturated rings. The lowest BCUT2D eigenvalue weighted by atomic mass is 9.99. The van der Waals surface area contributed by atoms with Crippen LogP contribution < -0.4 is 0 Å². The van der Waals surface area contributed by atoms with E-state index in [1.54, 1.807) is 0 Å². The fourth-order valence-corrected chi connectivity index (χ4v) is 1.58. The summed E-state index contributed by atoms with van der Waals surface area (Å²) >= 11 is 0. The van der Waals surface area contributed by atoms with E-state index in [1.807, 2.05) is 0 Å². The van der Waals surface area contributed by atoms with Gasteiger partial charge in [-0.25, -0.2) is 0 Å². The van der Waals surface area contributed by atoms with E-state index in [9.17, 15) is 10.2 Å². The zero-order chi connectivity index (χ0) is 9.42. The molecule has 5 atom stereocenters. The molecule has 2 bridgehead atoms. The van der Waals surface area contributed by atoms with E-state index in [0.717, 1.165) is 0 Å². The molecule has 7 nitrogen and oxygen atoms in total. The molecule has 2 saturated heterocycles. The second kappa shape index (κ2) is 3.13. The van der Waals surface area contributed by atoms with Crippen LogP contribution in [0.15, 0.2) is 5.11 Å². The maximum Gasteiger partial charge on any atom is 0.184 e. The highest BCUT2D eigenvalue weighted by Crippen LogP contribution is 2.29. The summed E-state index contributed by atoms with van der Waals surface area (Å²) in [4.78, 5) is 2.55. The Bertz CT molecular complexity index is 238. The van der Waals surface area contributed by atoms with Gasteiger partial charge in [-0.15, -0.1) is 0 Å². The van der Waals surface area contributed by atoms with Crippen LogP contribution in [-0.4, -0.2) is 47.5 Å². The monoisotopic (exact) mass is 187 g/mol. The lowest BCUT2D eigenvalue weighted by Gasteiger charge is -2.32. The first kappa shape index (κ1) is 8.74. The van der Waals surface area contributed by atoms with Crippen molar-refractivity contribution in [1.82, 2.24) is 0 Å². The number of nitrogens with zero attached hydrogens (tertiary/aromatic N) is 3. The average molecular weight is 187 g/mol. The molecule has 2 N–H and O–H groups in total. The first-order valence-electron chi connectivity index (χ1n) is 3.91. The Morgan fingerprint density at radius 3 is 2.85 bits per heavy atom. The van der Waals surface area contributed by atoms with Gasteiger partial charge in [-0.1, -0.05) is 5.11 Å². The normalized spacial score (nSPS) is 48.6. The molecule has 0 spiro atoms. The van der Waals surface area contributed by atoms with Crippen LogP contribution in [0.25, 0.3) is 10.4 Å². The van der Waals surface area contributed by atoms with Crippen LogP contribution in [0.5, 0.6) is 0 Å². The quantitative estimate of drug-likeness (QED) is 0.316. The van der Waals surface area contributed by atoms with Crippen molar-refractivity contribution in [1.29, 1.82) is 0 Å². The van der Waals surface area contributed by atoms with Gasteiger partial charge < -0.3 is 19.7 Å². The Kier molecular flexibility index (Phi) is 2.10. The molecule has 0 aromatic heterocycles. The first-order valence-corrected chi connectivity index (χ1v) is 3.91. The maximum absolute atomic E-state index is 9.53. The molecular weight excluding hydrogens is 178 g/mol. The minimum absolute atomic E-state index is 0.223. The Morgan fingerprint density at radius 1 is 1.38 bits per heavy atom. The molecule has 0 unspecified atom stereocenters. The topological polar surface area (TPSA) is 108 Å². The molecule has 2 rings (SSSR count). The molecule has 0 aromatic rings. The molecule has 0 aromatic carbocycles. The van der Waals surface area contributed by atoms with E-state index in [0.29, 0.717) is 0 Å². The summed E-state index contributed by atoms with van der Waals surface area (Å²) in [6, 6.07) is -0.878. The summed E-state index contributed by atoms with van der Waals surface area (Å²) < 4.78 is 10.1. The molecule has 2 heterocycles. The number of aliphatic hydroxyl groups excluding tert-OH is 2. The fourth-order valence-electron chi connectivity index (χ4n) is 1.58. The molecule has 2 aliphatic rings. The first-order chi connectivity index (χ1) is 6.24. The van der Waals surface area contributed by atoms with E-state index >= 15 is 0 Å². The second-order valence-corrected chi connectivity index (χ2v) is 3.05. The van der Waals surface area contributed by atoms with E-state index in [-0.39, 0.29) is 6.61 Å². The van der Waals surface area contributed by atoms with Gasteiger partial charge in [-0.3, -0.25) is 0 Å². The van der Waals surface area contributed by atoms with Crippen LogP contribution >= 0.6 is 0 Å². The highest BCUT2D eigenvalue weighted by atomic mass is 16.7. The van der Waals surface area contributed by atoms with Gasteiger partial charge in [0.05, 0.1) is 18.8 Å². The SMILES string of the molecule is [N-]=[N+]=N[C@H]1[C@H](O)[C@@H]2OC[C@@H](O2)[C@@H]1O. The molecule has 0 saturated carbocycles. The number of ether oxygens (including phenoxy) is 2. The minimum atomic E-state index is -1.09. The summed E-state index contributed by atoms with van der Waals surface area (Å²) in [5, 5.41) is 22.3. The molecule has 13 heavy (non-hydrogen) atoms. The fraction of sp³-hybridized carbons (Fsp3) is 1.00. The van der Waals surface area contributed by atoms with E-state index < -0.39 is 30.6 Å². The third kappa shape index (κ3) is 1.27. The van der Waals surface area contributed by atoms with E-state index in [2.05, 4.69) is 10.0 Å². The Labute approximate surface area is 73.5 Å². The van der Waals surface area contributed by atoms with Gasteiger partial charge in [0.2, 0.25) is 0 Å². The number of hydrogen-bond acceptors (Lipinski definition) is 5.